The zero-order valence-corrected chi connectivity index (χ0v) is 9.34. The lowest BCUT2D eigenvalue weighted by atomic mass is 10.1. The van der Waals surface area contributed by atoms with Crippen LogP contribution in [0.5, 0.6) is 5.75 Å². The monoisotopic (exact) mass is 231 g/mol. The molecule has 0 unspecified atom stereocenters. The van der Waals surface area contributed by atoms with E-state index in [2.05, 4.69) is 5.32 Å². The number of aromatic hydroxyl groups is 1. The maximum Gasteiger partial charge on any atom is 0.325 e. The van der Waals surface area contributed by atoms with Gasteiger partial charge in [0.15, 0.2) is 0 Å². The molecule has 0 bridgehead atoms. The lowest BCUT2D eigenvalue weighted by molar-refractivity contribution is -0.137. The average molecular weight is 231 g/mol. The van der Waals surface area contributed by atoms with Crippen LogP contribution in [0.2, 0.25) is 0 Å². The fourth-order valence-electron chi connectivity index (χ4n) is 1.68. The Bertz CT molecular complexity index is 566. The van der Waals surface area contributed by atoms with E-state index in [-0.39, 0.29) is 5.75 Å². The van der Waals surface area contributed by atoms with Gasteiger partial charge in [0, 0.05) is 11.1 Å². The molecule has 2 aromatic carbocycles. The number of benzene rings is 2. The molecule has 0 saturated carbocycles. The van der Waals surface area contributed by atoms with Crippen LogP contribution in [0.1, 0.15) is 6.92 Å². The Balaban J connectivity index is 2.46. The van der Waals surface area contributed by atoms with E-state index in [0.717, 1.165) is 10.8 Å². The summed E-state index contributed by atoms with van der Waals surface area (Å²) >= 11 is 0. The minimum Gasteiger partial charge on any atom is -0.508 e. The Kier molecular flexibility index (Phi) is 2.87. The number of phenols is 1. The fraction of sp³-hybridized carbons (Fsp3) is 0.154. The minimum atomic E-state index is -0.915. The predicted molar refractivity (Wildman–Crippen MR) is 66.3 cm³/mol. The summed E-state index contributed by atoms with van der Waals surface area (Å²) in [5.74, 6) is -0.753. The van der Waals surface area contributed by atoms with Crippen molar-refractivity contribution in [3.05, 3.63) is 36.4 Å². The second kappa shape index (κ2) is 4.33. The smallest absolute Gasteiger partial charge is 0.325 e. The first kappa shape index (κ1) is 11.3. The summed E-state index contributed by atoms with van der Waals surface area (Å²) < 4.78 is 0. The summed E-state index contributed by atoms with van der Waals surface area (Å²) in [6, 6.07) is 9.88. The lowest BCUT2D eigenvalue weighted by Crippen LogP contribution is -2.25. The van der Waals surface area contributed by atoms with E-state index in [9.17, 15) is 9.90 Å². The molecular formula is C13H13NO3. The minimum absolute atomic E-state index is 0.162. The standard InChI is InChI=1S/C13H13NO3/c1-8(13(16)17)14-12-4-2-3-9-5-6-10(15)7-11(9)12/h2-8,14-15H,1H3,(H,16,17)/t8-/m0/s1. The number of hydrogen-bond acceptors (Lipinski definition) is 3. The van der Waals surface area contributed by atoms with Crippen LogP contribution in [0.3, 0.4) is 0 Å². The molecule has 4 nitrogen and oxygen atoms in total. The van der Waals surface area contributed by atoms with Gasteiger partial charge in [-0.25, -0.2) is 0 Å². The molecule has 0 radical (unpaired) electrons. The molecule has 0 aromatic heterocycles. The Hall–Kier alpha value is -2.23. The maximum atomic E-state index is 10.8. The number of fused-ring (bicyclic) bond motifs is 1. The third-order valence-electron chi connectivity index (χ3n) is 2.61. The van der Waals surface area contributed by atoms with Crippen LogP contribution in [0.4, 0.5) is 5.69 Å². The van der Waals surface area contributed by atoms with Gasteiger partial charge in [-0.3, -0.25) is 4.79 Å². The predicted octanol–water partition coefficient (Wildman–Crippen LogP) is 2.43. The van der Waals surface area contributed by atoms with Gasteiger partial charge < -0.3 is 15.5 Å². The van der Waals surface area contributed by atoms with Crippen LogP contribution in [0.15, 0.2) is 36.4 Å². The first-order valence-corrected chi connectivity index (χ1v) is 5.29. The van der Waals surface area contributed by atoms with E-state index in [0.29, 0.717) is 5.69 Å². The van der Waals surface area contributed by atoms with E-state index in [1.807, 2.05) is 12.1 Å². The molecule has 0 aliphatic carbocycles. The van der Waals surface area contributed by atoms with E-state index in [4.69, 9.17) is 5.11 Å². The zero-order valence-electron chi connectivity index (χ0n) is 9.34. The quantitative estimate of drug-likeness (QED) is 0.758. The largest absolute Gasteiger partial charge is 0.508 e. The van der Waals surface area contributed by atoms with E-state index in [1.54, 1.807) is 31.2 Å². The fourth-order valence-corrected chi connectivity index (χ4v) is 1.68. The maximum absolute atomic E-state index is 10.8. The SMILES string of the molecule is C[C@H](Nc1cccc2ccc(O)cc12)C(=O)O. The number of hydrogen-bond donors (Lipinski definition) is 3. The van der Waals surface area contributed by atoms with Gasteiger partial charge in [-0.2, -0.15) is 0 Å². The van der Waals surface area contributed by atoms with Gasteiger partial charge in [-0.1, -0.05) is 18.2 Å². The first-order valence-electron chi connectivity index (χ1n) is 5.29. The average Bonchev–Trinajstić information content (AvgIpc) is 2.29. The number of nitrogens with one attached hydrogen (secondary N) is 1. The molecule has 2 rings (SSSR count). The van der Waals surface area contributed by atoms with Crippen LogP contribution in [-0.4, -0.2) is 22.2 Å². The second-order valence-electron chi connectivity index (χ2n) is 3.92. The molecule has 0 aliphatic heterocycles. The number of carbonyl (C=O) groups is 1. The van der Waals surface area contributed by atoms with Crippen molar-refractivity contribution in [3.63, 3.8) is 0 Å². The molecule has 0 fully saturated rings. The van der Waals surface area contributed by atoms with Crippen LogP contribution in [0.25, 0.3) is 10.8 Å². The zero-order chi connectivity index (χ0) is 12.4. The first-order chi connectivity index (χ1) is 8.08. The summed E-state index contributed by atoms with van der Waals surface area (Å²) in [6.07, 6.45) is 0. The number of phenolic OH excluding ortho intramolecular Hbond substituents is 1. The molecule has 0 amide bonds. The van der Waals surface area contributed by atoms with Crippen molar-refractivity contribution in [2.24, 2.45) is 0 Å². The van der Waals surface area contributed by atoms with E-state index < -0.39 is 12.0 Å². The highest BCUT2D eigenvalue weighted by atomic mass is 16.4. The van der Waals surface area contributed by atoms with Crippen molar-refractivity contribution in [1.29, 1.82) is 0 Å². The molecule has 0 aliphatic rings. The number of anilines is 1. The number of carboxylic acids is 1. The topological polar surface area (TPSA) is 69.6 Å². The number of aliphatic carboxylic acids is 1. The summed E-state index contributed by atoms with van der Waals surface area (Å²) in [4.78, 5) is 10.8. The van der Waals surface area contributed by atoms with Crippen molar-refractivity contribution in [2.45, 2.75) is 13.0 Å². The molecule has 0 heterocycles. The highest BCUT2D eigenvalue weighted by molar-refractivity contribution is 5.96. The van der Waals surface area contributed by atoms with Gasteiger partial charge in [-0.15, -0.1) is 0 Å². The van der Waals surface area contributed by atoms with Gasteiger partial charge >= 0.3 is 5.97 Å². The van der Waals surface area contributed by atoms with E-state index in [1.165, 1.54) is 0 Å². The van der Waals surface area contributed by atoms with Crippen molar-refractivity contribution < 1.29 is 15.0 Å². The molecular weight excluding hydrogens is 218 g/mol. The number of carboxylic acid groups (broad SMARTS) is 1. The normalized spacial score (nSPS) is 12.3. The van der Waals surface area contributed by atoms with Crippen molar-refractivity contribution >= 4 is 22.4 Å². The van der Waals surface area contributed by atoms with Crippen LogP contribution >= 0.6 is 0 Å². The third kappa shape index (κ3) is 2.30. The van der Waals surface area contributed by atoms with Gasteiger partial charge in [0.2, 0.25) is 0 Å². The Morgan fingerprint density at radius 3 is 2.76 bits per heavy atom. The second-order valence-corrected chi connectivity index (χ2v) is 3.92. The third-order valence-corrected chi connectivity index (χ3v) is 2.61. The molecule has 1 atom stereocenters. The molecule has 0 spiro atoms. The van der Waals surface area contributed by atoms with Crippen molar-refractivity contribution in [2.75, 3.05) is 5.32 Å². The Morgan fingerprint density at radius 1 is 1.29 bits per heavy atom. The van der Waals surface area contributed by atoms with Crippen molar-refractivity contribution in [3.8, 4) is 5.75 Å². The summed E-state index contributed by atoms with van der Waals surface area (Å²) in [7, 11) is 0. The molecule has 0 saturated heterocycles. The molecule has 3 N–H and O–H groups in total. The summed E-state index contributed by atoms with van der Waals surface area (Å²) in [6.45, 7) is 1.57. The van der Waals surface area contributed by atoms with E-state index >= 15 is 0 Å². The van der Waals surface area contributed by atoms with Crippen LogP contribution in [-0.2, 0) is 4.79 Å². The molecule has 4 heteroatoms. The van der Waals surface area contributed by atoms with Crippen molar-refractivity contribution in [1.82, 2.24) is 0 Å². The van der Waals surface area contributed by atoms with Gasteiger partial charge in [0.05, 0.1) is 0 Å². The van der Waals surface area contributed by atoms with Gasteiger partial charge in [0.1, 0.15) is 11.8 Å². The Labute approximate surface area is 98.5 Å². The highest BCUT2D eigenvalue weighted by Crippen LogP contribution is 2.27. The van der Waals surface area contributed by atoms with Gasteiger partial charge in [-0.05, 0) is 30.5 Å². The highest BCUT2D eigenvalue weighted by Gasteiger charge is 2.11. The molecule has 2 aromatic rings. The van der Waals surface area contributed by atoms with Gasteiger partial charge in [0.25, 0.3) is 0 Å². The Morgan fingerprint density at radius 2 is 2.06 bits per heavy atom. The molecule has 17 heavy (non-hydrogen) atoms. The summed E-state index contributed by atoms with van der Waals surface area (Å²) in [5, 5.41) is 23.0. The van der Waals surface area contributed by atoms with Crippen LogP contribution < -0.4 is 5.32 Å². The van der Waals surface area contributed by atoms with Crippen LogP contribution in [0, 0.1) is 0 Å². The lowest BCUT2D eigenvalue weighted by Gasteiger charge is -2.13. The number of rotatable bonds is 3. The molecule has 88 valence electrons. The summed E-state index contributed by atoms with van der Waals surface area (Å²) in [5.41, 5.74) is 0.702.